The summed E-state index contributed by atoms with van der Waals surface area (Å²) in [4.78, 5) is 29.4. The number of aryl methyl sites for hydroxylation is 1. The third kappa shape index (κ3) is 4.82. The van der Waals surface area contributed by atoms with Gasteiger partial charge >= 0.3 is 12.1 Å². The molecule has 3 aromatic rings. The maximum atomic E-state index is 13.2. The lowest BCUT2D eigenvalue weighted by Gasteiger charge is -2.17. The topological polar surface area (TPSA) is 81.4 Å². The van der Waals surface area contributed by atoms with Crippen molar-refractivity contribution in [1.29, 1.82) is 0 Å². The van der Waals surface area contributed by atoms with Gasteiger partial charge in [-0.3, -0.25) is 4.79 Å². The highest BCUT2D eigenvalue weighted by Gasteiger charge is 2.35. The van der Waals surface area contributed by atoms with E-state index in [0.717, 1.165) is 6.07 Å². The molecule has 11 heteroatoms. The molecule has 1 unspecified atom stereocenters. The van der Waals surface area contributed by atoms with E-state index in [4.69, 9.17) is 20.8 Å². The number of nitrogens with zero attached hydrogens (tertiary/aromatic N) is 1. The Morgan fingerprint density at radius 2 is 2.03 bits per heavy atom. The summed E-state index contributed by atoms with van der Waals surface area (Å²) >= 11 is 6.82. The number of benzene rings is 1. The summed E-state index contributed by atoms with van der Waals surface area (Å²) in [5.74, 6) is -1.35. The van der Waals surface area contributed by atoms with Crippen molar-refractivity contribution < 1.29 is 31.9 Å². The Labute approximate surface area is 177 Å². The van der Waals surface area contributed by atoms with Crippen molar-refractivity contribution in [3.8, 4) is 10.8 Å². The van der Waals surface area contributed by atoms with Crippen LogP contribution in [0.1, 0.15) is 27.9 Å². The minimum atomic E-state index is -4.73. The quantitative estimate of drug-likeness (QED) is 0.506. The zero-order valence-electron chi connectivity index (χ0n) is 15.5. The average molecular weight is 459 g/mol. The van der Waals surface area contributed by atoms with Crippen LogP contribution in [0.25, 0.3) is 10.8 Å². The van der Waals surface area contributed by atoms with Crippen LogP contribution < -0.4 is 5.32 Å². The van der Waals surface area contributed by atoms with Crippen molar-refractivity contribution in [2.45, 2.75) is 26.1 Å². The van der Waals surface area contributed by atoms with Gasteiger partial charge in [-0.15, -0.1) is 11.3 Å². The molecule has 158 valence electrons. The molecule has 0 radical (unpaired) electrons. The second kappa shape index (κ2) is 8.49. The molecule has 2 aromatic heterocycles. The number of ether oxygens (including phenoxy) is 1. The zero-order chi connectivity index (χ0) is 22.1. The first kappa shape index (κ1) is 21.8. The number of anilines is 1. The van der Waals surface area contributed by atoms with Crippen LogP contribution in [0.15, 0.2) is 41.0 Å². The first-order valence-corrected chi connectivity index (χ1v) is 9.65. The smallest absolute Gasteiger partial charge is 0.418 e. The van der Waals surface area contributed by atoms with Gasteiger partial charge in [-0.05, 0) is 44.2 Å². The maximum absolute atomic E-state index is 13.2. The fourth-order valence-corrected chi connectivity index (χ4v) is 3.50. The van der Waals surface area contributed by atoms with Gasteiger partial charge in [0.05, 0.1) is 17.5 Å². The average Bonchev–Trinajstić information content (AvgIpc) is 3.31. The van der Waals surface area contributed by atoms with Crippen LogP contribution >= 0.6 is 22.9 Å². The van der Waals surface area contributed by atoms with E-state index in [1.807, 2.05) is 0 Å². The van der Waals surface area contributed by atoms with Crippen molar-refractivity contribution in [3.63, 3.8) is 0 Å². The van der Waals surface area contributed by atoms with Crippen LogP contribution in [0.4, 0.5) is 18.9 Å². The molecular weight excluding hydrogens is 445 g/mol. The second-order valence-corrected chi connectivity index (χ2v) is 7.77. The van der Waals surface area contributed by atoms with Crippen molar-refractivity contribution in [1.82, 2.24) is 4.98 Å². The number of alkyl halides is 3. The Morgan fingerprint density at radius 3 is 2.67 bits per heavy atom. The monoisotopic (exact) mass is 458 g/mol. The van der Waals surface area contributed by atoms with Crippen LogP contribution in [0.2, 0.25) is 5.02 Å². The van der Waals surface area contributed by atoms with E-state index >= 15 is 0 Å². The number of carbonyl (C=O) groups is 2. The Kier molecular flexibility index (Phi) is 6.18. The summed E-state index contributed by atoms with van der Waals surface area (Å²) in [6.45, 7) is 2.89. The normalized spacial score (nSPS) is 12.5. The van der Waals surface area contributed by atoms with Gasteiger partial charge in [0.1, 0.15) is 0 Å². The third-order valence-corrected chi connectivity index (χ3v) is 5.14. The van der Waals surface area contributed by atoms with Gasteiger partial charge in [0.25, 0.3) is 5.91 Å². The van der Waals surface area contributed by atoms with E-state index in [1.54, 1.807) is 19.1 Å². The van der Waals surface area contributed by atoms with Crippen molar-refractivity contribution in [3.05, 3.63) is 57.8 Å². The Balaban J connectivity index is 1.72. The van der Waals surface area contributed by atoms with E-state index in [0.29, 0.717) is 21.7 Å². The second-order valence-electron chi connectivity index (χ2n) is 6.13. The van der Waals surface area contributed by atoms with E-state index in [-0.39, 0.29) is 10.7 Å². The number of halogens is 4. The number of thiazole rings is 1. The standard InChI is InChI=1S/C19H14ClF3N2O4S/c1-9(16(26)24-13-6-5-11(20)8-12(13)19(21,22)23)29-18(27)15-10(2)30-17(25-15)14-4-3-7-28-14/h3-9H,1-2H3,(H,24,26). The van der Waals surface area contributed by atoms with Crippen molar-refractivity contribution in [2.24, 2.45) is 0 Å². The fraction of sp³-hybridized carbons (Fsp3) is 0.211. The fourth-order valence-electron chi connectivity index (χ4n) is 2.46. The maximum Gasteiger partial charge on any atom is 0.418 e. The van der Waals surface area contributed by atoms with Gasteiger partial charge in [0, 0.05) is 9.90 Å². The molecule has 0 fully saturated rings. The number of aromatic nitrogens is 1. The van der Waals surface area contributed by atoms with Crippen LogP contribution in [-0.4, -0.2) is 23.0 Å². The lowest BCUT2D eigenvalue weighted by atomic mass is 10.1. The molecule has 1 amide bonds. The summed E-state index contributed by atoms with van der Waals surface area (Å²) < 4.78 is 49.8. The van der Waals surface area contributed by atoms with Gasteiger partial charge in [-0.2, -0.15) is 13.2 Å². The molecule has 3 rings (SSSR count). The molecule has 0 aliphatic carbocycles. The number of furan rings is 1. The molecule has 0 spiro atoms. The van der Waals surface area contributed by atoms with Gasteiger partial charge in [-0.1, -0.05) is 11.6 Å². The summed E-state index contributed by atoms with van der Waals surface area (Å²) in [7, 11) is 0. The predicted molar refractivity (Wildman–Crippen MR) is 105 cm³/mol. The molecule has 1 aromatic carbocycles. The van der Waals surface area contributed by atoms with Gasteiger partial charge < -0.3 is 14.5 Å². The minimum absolute atomic E-state index is 0.00600. The molecule has 0 saturated carbocycles. The number of hydrogen-bond acceptors (Lipinski definition) is 6. The molecule has 1 atom stereocenters. The summed E-state index contributed by atoms with van der Waals surface area (Å²) in [6.07, 6.45) is -4.64. The van der Waals surface area contributed by atoms with Crippen molar-refractivity contribution in [2.75, 3.05) is 5.32 Å². The number of rotatable bonds is 5. The van der Waals surface area contributed by atoms with Crippen LogP contribution in [0, 0.1) is 6.92 Å². The first-order valence-electron chi connectivity index (χ1n) is 8.46. The number of amides is 1. The molecule has 30 heavy (non-hydrogen) atoms. The third-order valence-electron chi connectivity index (χ3n) is 3.92. The van der Waals surface area contributed by atoms with Crippen LogP contribution in [0.3, 0.4) is 0 Å². The minimum Gasteiger partial charge on any atom is -0.462 e. The lowest BCUT2D eigenvalue weighted by Crippen LogP contribution is -2.31. The Morgan fingerprint density at radius 1 is 1.30 bits per heavy atom. The first-order chi connectivity index (χ1) is 14.1. The highest BCUT2D eigenvalue weighted by Crippen LogP contribution is 2.36. The number of carbonyl (C=O) groups excluding carboxylic acids is 2. The number of nitrogens with one attached hydrogen (secondary N) is 1. The van der Waals surface area contributed by atoms with Gasteiger partial charge in [0.15, 0.2) is 22.6 Å². The molecule has 2 heterocycles. The molecule has 0 aliphatic heterocycles. The summed E-state index contributed by atoms with van der Waals surface area (Å²) in [6, 6.07) is 6.27. The highest BCUT2D eigenvalue weighted by atomic mass is 35.5. The predicted octanol–water partition coefficient (Wildman–Crippen LogP) is 5.57. The zero-order valence-corrected chi connectivity index (χ0v) is 17.1. The Hall–Kier alpha value is -2.85. The highest BCUT2D eigenvalue weighted by molar-refractivity contribution is 7.15. The molecule has 6 nitrogen and oxygen atoms in total. The van der Waals surface area contributed by atoms with E-state index in [9.17, 15) is 22.8 Å². The SMILES string of the molecule is Cc1sc(-c2ccco2)nc1C(=O)OC(C)C(=O)Nc1ccc(Cl)cc1C(F)(F)F. The lowest BCUT2D eigenvalue weighted by molar-refractivity contribution is -0.137. The Bertz CT molecular complexity index is 1080. The summed E-state index contributed by atoms with van der Waals surface area (Å²) in [5.41, 5.74) is -1.61. The van der Waals surface area contributed by atoms with Crippen LogP contribution in [0.5, 0.6) is 0 Å². The molecular formula is C19H14ClF3N2O4S. The molecule has 0 saturated heterocycles. The van der Waals surface area contributed by atoms with E-state index < -0.39 is 35.4 Å². The van der Waals surface area contributed by atoms with Crippen molar-refractivity contribution >= 4 is 40.5 Å². The summed E-state index contributed by atoms with van der Waals surface area (Å²) in [5, 5.41) is 2.44. The van der Waals surface area contributed by atoms with E-state index in [2.05, 4.69) is 10.3 Å². The number of esters is 1. The molecule has 0 bridgehead atoms. The molecule has 1 N–H and O–H groups in total. The largest absolute Gasteiger partial charge is 0.462 e. The molecule has 0 aliphatic rings. The van der Waals surface area contributed by atoms with Gasteiger partial charge in [0.2, 0.25) is 0 Å². The van der Waals surface area contributed by atoms with Gasteiger partial charge in [-0.25, -0.2) is 9.78 Å². The van der Waals surface area contributed by atoms with Crippen LogP contribution in [-0.2, 0) is 15.7 Å². The number of hydrogen-bond donors (Lipinski definition) is 1. The van der Waals surface area contributed by atoms with E-state index in [1.165, 1.54) is 30.6 Å².